The van der Waals surface area contributed by atoms with Crippen molar-refractivity contribution in [3.05, 3.63) is 23.8 Å². The summed E-state index contributed by atoms with van der Waals surface area (Å²) in [5, 5.41) is 13.0. The van der Waals surface area contributed by atoms with Crippen LogP contribution in [-0.4, -0.2) is 60.4 Å². The average molecular weight is 430 g/mol. The van der Waals surface area contributed by atoms with Crippen molar-refractivity contribution in [2.75, 3.05) is 37.0 Å². The van der Waals surface area contributed by atoms with Gasteiger partial charge in [0.05, 0.1) is 18.1 Å². The largest absolute Gasteiger partial charge is 0.453 e. The Morgan fingerprint density at radius 2 is 1.94 bits per heavy atom. The van der Waals surface area contributed by atoms with Gasteiger partial charge in [0, 0.05) is 37.1 Å². The quantitative estimate of drug-likeness (QED) is 0.766. The van der Waals surface area contributed by atoms with E-state index in [2.05, 4.69) is 19.9 Å². The van der Waals surface area contributed by atoms with E-state index in [-0.39, 0.29) is 11.5 Å². The van der Waals surface area contributed by atoms with Crippen LogP contribution in [0.5, 0.6) is 0 Å². The molecule has 1 aromatic carbocycles. The zero-order valence-electron chi connectivity index (χ0n) is 18.9. The van der Waals surface area contributed by atoms with Crippen LogP contribution >= 0.6 is 0 Å². The summed E-state index contributed by atoms with van der Waals surface area (Å²) < 4.78 is 4.67. The first kappa shape index (κ1) is 21.9. The Balaban J connectivity index is 1.46. The number of nitrogens with one attached hydrogen (secondary N) is 1. The summed E-state index contributed by atoms with van der Waals surface area (Å²) in [7, 11) is 1.35. The summed E-state index contributed by atoms with van der Waals surface area (Å²) in [6, 6.07) is 6.13. The maximum absolute atomic E-state index is 13.6. The van der Waals surface area contributed by atoms with Crippen molar-refractivity contribution in [3.8, 4) is 0 Å². The average Bonchev–Trinajstić information content (AvgIpc) is 3.03. The number of likely N-dealkylation sites (tertiary alicyclic amines) is 1. The molecule has 1 aromatic rings. The molecule has 1 saturated carbocycles. The van der Waals surface area contributed by atoms with Gasteiger partial charge in [0.25, 0.3) is 0 Å². The van der Waals surface area contributed by atoms with E-state index in [0.29, 0.717) is 11.6 Å². The number of rotatable bonds is 3. The maximum Gasteiger partial charge on any atom is 0.411 e. The van der Waals surface area contributed by atoms with E-state index in [1.165, 1.54) is 7.11 Å². The summed E-state index contributed by atoms with van der Waals surface area (Å²) in [4.78, 5) is 29.5. The van der Waals surface area contributed by atoms with E-state index >= 15 is 0 Å². The van der Waals surface area contributed by atoms with E-state index in [0.717, 1.165) is 75.8 Å². The van der Waals surface area contributed by atoms with Crippen molar-refractivity contribution in [1.82, 2.24) is 4.90 Å². The van der Waals surface area contributed by atoms with Crippen LogP contribution in [0.25, 0.3) is 0 Å². The number of aliphatic hydroxyl groups is 1. The van der Waals surface area contributed by atoms with Crippen molar-refractivity contribution in [3.63, 3.8) is 0 Å². The van der Waals surface area contributed by atoms with Gasteiger partial charge in [0.1, 0.15) is 0 Å². The number of methoxy groups -OCH3 is 1. The monoisotopic (exact) mass is 429 g/mol. The standard InChI is InChI=1S/C24H35N3O4/c1-17-15-18(25-22(29)31-3)5-6-20(17)26-13-4-9-24(16-26)12-14-27(21(24)28)19-7-10-23(2,30)11-8-19/h5-6,15,19,30H,4,7-14,16H2,1-3H3,(H,25,29)/t19-,23+,24-/m1/s1. The van der Waals surface area contributed by atoms with E-state index in [9.17, 15) is 14.7 Å². The number of carbonyl (C=O) groups is 2. The Labute approximate surface area is 184 Å². The molecule has 0 aromatic heterocycles. The van der Waals surface area contributed by atoms with Crippen LogP contribution in [0, 0.1) is 12.3 Å². The molecule has 1 aliphatic carbocycles. The van der Waals surface area contributed by atoms with Crippen LogP contribution in [0.3, 0.4) is 0 Å². The molecule has 2 N–H and O–H groups in total. The molecule has 2 saturated heterocycles. The number of aryl methyl sites for hydroxylation is 1. The summed E-state index contributed by atoms with van der Waals surface area (Å²) in [6.45, 7) is 6.46. The molecule has 0 bridgehead atoms. The number of hydrogen-bond acceptors (Lipinski definition) is 5. The number of amides is 2. The molecule has 3 aliphatic rings. The van der Waals surface area contributed by atoms with Crippen molar-refractivity contribution in [2.24, 2.45) is 5.41 Å². The molecule has 0 radical (unpaired) electrons. The van der Waals surface area contributed by atoms with Crippen molar-refractivity contribution in [1.29, 1.82) is 0 Å². The van der Waals surface area contributed by atoms with Gasteiger partial charge in [-0.3, -0.25) is 10.1 Å². The first-order valence-corrected chi connectivity index (χ1v) is 11.5. The highest BCUT2D eigenvalue weighted by molar-refractivity contribution is 5.87. The molecule has 2 amide bonds. The Bertz CT molecular complexity index is 845. The Morgan fingerprint density at radius 1 is 1.19 bits per heavy atom. The van der Waals surface area contributed by atoms with E-state index in [1.807, 2.05) is 32.0 Å². The minimum absolute atomic E-state index is 0.271. The molecule has 7 nitrogen and oxygen atoms in total. The zero-order valence-corrected chi connectivity index (χ0v) is 18.9. The lowest BCUT2D eigenvalue weighted by molar-refractivity contribution is -0.140. The van der Waals surface area contributed by atoms with Gasteiger partial charge in [-0.1, -0.05) is 0 Å². The number of piperidine rings is 1. The number of hydrogen-bond donors (Lipinski definition) is 2. The fraction of sp³-hybridized carbons (Fsp3) is 0.667. The first-order valence-electron chi connectivity index (χ1n) is 11.5. The van der Waals surface area contributed by atoms with Gasteiger partial charge in [-0.05, 0) is 82.6 Å². The lowest BCUT2D eigenvalue weighted by Crippen LogP contribution is -2.50. The van der Waals surface area contributed by atoms with E-state index in [4.69, 9.17) is 0 Å². The van der Waals surface area contributed by atoms with Gasteiger partial charge >= 0.3 is 6.09 Å². The number of benzene rings is 1. The van der Waals surface area contributed by atoms with Crippen molar-refractivity contribution in [2.45, 2.75) is 70.4 Å². The summed E-state index contributed by atoms with van der Waals surface area (Å²) >= 11 is 0. The SMILES string of the molecule is COC(=O)Nc1ccc(N2CCC[C@@]3(CCN([C@H]4CC[C@@](C)(O)CC4)C3=O)C2)c(C)c1. The second-order valence-electron chi connectivity index (χ2n) is 9.90. The lowest BCUT2D eigenvalue weighted by atomic mass is 9.78. The second kappa shape index (κ2) is 8.34. The predicted molar refractivity (Wildman–Crippen MR) is 120 cm³/mol. The Kier molecular flexibility index (Phi) is 5.90. The molecule has 7 heteroatoms. The Morgan fingerprint density at radius 3 is 2.61 bits per heavy atom. The van der Waals surface area contributed by atoms with Crippen molar-refractivity contribution < 1.29 is 19.4 Å². The molecule has 2 heterocycles. The molecule has 2 aliphatic heterocycles. The zero-order chi connectivity index (χ0) is 22.2. The topological polar surface area (TPSA) is 82.1 Å². The van der Waals surface area contributed by atoms with Gasteiger partial charge in [0.15, 0.2) is 0 Å². The highest BCUT2D eigenvalue weighted by atomic mass is 16.5. The van der Waals surface area contributed by atoms with Crippen LogP contribution in [-0.2, 0) is 9.53 Å². The van der Waals surface area contributed by atoms with Crippen LogP contribution in [0.15, 0.2) is 18.2 Å². The minimum Gasteiger partial charge on any atom is -0.453 e. The highest BCUT2D eigenvalue weighted by Crippen LogP contribution is 2.44. The first-order chi connectivity index (χ1) is 14.7. The van der Waals surface area contributed by atoms with Gasteiger partial charge in [-0.15, -0.1) is 0 Å². The van der Waals surface area contributed by atoms with Crippen molar-refractivity contribution >= 4 is 23.4 Å². The predicted octanol–water partition coefficient (Wildman–Crippen LogP) is 3.69. The molecule has 0 unspecified atom stereocenters. The maximum atomic E-state index is 13.6. The molecule has 170 valence electrons. The molecule has 1 atom stereocenters. The number of ether oxygens (including phenoxy) is 1. The van der Waals surface area contributed by atoms with Gasteiger partial charge in [-0.2, -0.15) is 0 Å². The van der Waals surface area contributed by atoms with Crippen LogP contribution < -0.4 is 10.2 Å². The molecular formula is C24H35N3O4. The summed E-state index contributed by atoms with van der Waals surface area (Å²) in [6.07, 6.45) is 5.71. The summed E-state index contributed by atoms with van der Waals surface area (Å²) in [5.74, 6) is 0.311. The number of nitrogens with zero attached hydrogens (tertiary/aromatic N) is 2. The van der Waals surface area contributed by atoms with Gasteiger partial charge in [0.2, 0.25) is 5.91 Å². The lowest BCUT2D eigenvalue weighted by Gasteiger charge is -2.42. The number of carbonyl (C=O) groups excluding carboxylic acids is 2. The minimum atomic E-state index is -0.578. The molecule has 4 rings (SSSR count). The normalized spacial score (nSPS) is 31.2. The third-order valence-electron chi connectivity index (χ3n) is 7.57. The van der Waals surface area contributed by atoms with Crippen LogP contribution in [0.4, 0.5) is 16.2 Å². The number of anilines is 2. The highest BCUT2D eigenvalue weighted by Gasteiger charge is 2.51. The second-order valence-corrected chi connectivity index (χ2v) is 9.90. The fourth-order valence-corrected chi connectivity index (χ4v) is 5.71. The summed E-state index contributed by atoms with van der Waals surface area (Å²) in [5.41, 5.74) is 2.02. The molecular weight excluding hydrogens is 394 g/mol. The molecule has 3 fully saturated rings. The van der Waals surface area contributed by atoms with Crippen LogP contribution in [0.2, 0.25) is 0 Å². The Hall–Kier alpha value is -2.28. The van der Waals surface area contributed by atoms with Crippen LogP contribution in [0.1, 0.15) is 57.4 Å². The van der Waals surface area contributed by atoms with Gasteiger partial charge in [-0.25, -0.2) is 4.79 Å². The molecule has 1 spiro atoms. The van der Waals surface area contributed by atoms with E-state index in [1.54, 1.807) is 0 Å². The molecule has 31 heavy (non-hydrogen) atoms. The van der Waals surface area contributed by atoms with Gasteiger partial charge < -0.3 is 19.6 Å². The third kappa shape index (κ3) is 4.38. The third-order valence-corrected chi connectivity index (χ3v) is 7.57. The van der Waals surface area contributed by atoms with E-state index < -0.39 is 11.7 Å². The fourth-order valence-electron chi connectivity index (χ4n) is 5.71. The smallest absolute Gasteiger partial charge is 0.411 e.